The second-order valence-corrected chi connectivity index (χ2v) is 6.23. The molecule has 0 spiro atoms. The van der Waals surface area contributed by atoms with Crippen molar-refractivity contribution in [1.82, 2.24) is 4.98 Å². The summed E-state index contributed by atoms with van der Waals surface area (Å²) in [6, 6.07) is 12.4. The van der Waals surface area contributed by atoms with Gasteiger partial charge in [-0.3, -0.25) is 0 Å². The minimum Gasteiger partial charge on any atom is -0.236 e. The molecule has 0 saturated carbocycles. The third-order valence-electron chi connectivity index (χ3n) is 2.83. The summed E-state index contributed by atoms with van der Waals surface area (Å²) in [6.45, 7) is 0. The summed E-state index contributed by atoms with van der Waals surface area (Å²) in [5, 5.41) is 2.86. The van der Waals surface area contributed by atoms with E-state index >= 15 is 0 Å². The lowest BCUT2D eigenvalue weighted by molar-refractivity contribution is 0.631. The van der Waals surface area contributed by atoms with E-state index in [1.165, 1.54) is 17.4 Å². The fourth-order valence-electron chi connectivity index (χ4n) is 1.88. The minimum absolute atomic E-state index is 0.356. The van der Waals surface area contributed by atoms with Gasteiger partial charge in [-0.15, -0.1) is 11.3 Å². The molecule has 0 unspecified atom stereocenters. The summed E-state index contributed by atoms with van der Waals surface area (Å²) in [6.07, 6.45) is 0. The molecule has 0 fully saturated rings. The van der Waals surface area contributed by atoms with Crippen LogP contribution in [-0.2, 0) is 0 Å². The first-order valence-corrected chi connectivity index (χ1v) is 7.86. The molecule has 1 nitrogen and oxygen atoms in total. The molecule has 3 aromatic rings. The lowest BCUT2D eigenvalue weighted by atomic mass is 10.2. The summed E-state index contributed by atoms with van der Waals surface area (Å²) < 4.78 is 14.9. The van der Waals surface area contributed by atoms with Gasteiger partial charge in [0.1, 0.15) is 10.8 Å². The Hall–Kier alpha value is -1.23. The van der Waals surface area contributed by atoms with Gasteiger partial charge in [0.15, 0.2) is 0 Å². The Kier molecular flexibility index (Phi) is 3.87. The maximum Gasteiger partial charge on any atom is 0.134 e. The molecule has 0 aliphatic carbocycles. The van der Waals surface area contributed by atoms with E-state index in [-0.39, 0.29) is 5.82 Å². The summed E-state index contributed by atoms with van der Waals surface area (Å²) in [5.41, 5.74) is 2.14. The minimum atomic E-state index is -0.356. The van der Waals surface area contributed by atoms with Gasteiger partial charge in [0.05, 0.1) is 16.3 Å². The molecule has 0 atom stereocenters. The summed E-state index contributed by atoms with van der Waals surface area (Å²) in [4.78, 5) is 4.50. The summed E-state index contributed by atoms with van der Waals surface area (Å²) in [5.74, 6) is -0.356. The number of halogens is 3. The molecule has 1 heterocycles. The zero-order chi connectivity index (χ0) is 14.1. The van der Waals surface area contributed by atoms with Crippen LogP contribution < -0.4 is 0 Å². The van der Waals surface area contributed by atoms with Crippen LogP contribution in [0.5, 0.6) is 0 Å². The van der Waals surface area contributed by atoms with Gasteiger partial charge in [-0.05, 0) is 18.2 Å². The van der Waals surface area contributed by atoms with E-state index in [9.17, 15) is 4.39 Å². The van der Waals surface area contributed by atoms with Crippen LogP contribution in [0.3, 0.4) is 0 Å². The normalized spacial score (nSPS) is 10.8. The largest absolute Gasteiger partial charge is 0.236 e. The van der Waals surface area contributed by atoms with Crippen LogP contribution >= 0.6 is 38.9 Å². The van der Waals surface area contributed by atoms with E-state index in [1.807, 2.05) is 29.6 Å². The molecule has 20 heavy (non-hydrogen) atoms. The molecule has 0 radical (unpaired) electrons. The lowest BCUT2D eigenvalue weighted by Crippen LogP contribution is -1.86. The zero-order valence-electron chi connectivity index (χ0n) is 10.1. The molecule has 3 rings (SSSR count). The average molecular weight is 369 g/mol. The Morgan fingerprint density at radius 3 is 2.65 bits per heavy atom. The third-order valence-corrected chi connectivity index (χ3v) is 4.70. The van der Waals surface area contributed by atoms with Crippen molar-refractivity contribution in [1.29, 1.82) is 0 Å². The molecule has 0 aliphatic rings. The highest BCUT2D eigenvalue weighted by Gasteiger charge is 2.14. The lowest BCUT2D eigenvalue weighted by Gasteiger charge is -2.02. The molecule has 0 bridgehead atoms. The predicted octanol–water partition coefficient (Wildman–Crippen LogP) is 6.03. The highest BCUT2D eigenvalue weighted by atomic mass is 79.9. The van der Waals surface area contributed by atoms with Crippen LogP contribution in [0.15, 0.2) is 52.3 Å². The van der Waals surface area contributed by atoms with Gasteiger partial charge in [0, 0.05) is 15.4 Å². The van der Waals surface area contributed by atoms with Crippen LogP contribution in [-0.4, -0.2) is 4.98 Å². The van der Waals surface area contributed by atoms with Crippen molar-refractivity contribution < 1.29 is 4.39 Å². The first-order chi connectivity index (χ1) is 9.66. The van der Waals surface area contributed by atoms with E-state index in [2.05, 4.69) is 20.9 Å². The van der Waals surface area contributed by atoms with Crippen LogP contribution in [0.1, 0.15) is 0 Å². The topological polar surface area (TPSA) is 12.9 Å². The van der Waals surface area contributed by atoms with Gasteiger partial charge in [0.25, 0.3) is 0 Å². The van der Waals surface area contributed by atoms with Crippen molar-refractivity contribution in [2.24, 2.45) is 0 Å². The molecule has 0 saturated heterocycles. The SMILES string of the molecule is Fc1cccc(Cl)c1-c1nc(-c2ccccc2Br)cs1. The first kappa shape index (κ1) is 13.7. The molecule has 2 aromatic carbocycles. The quantitative estimate of drug-likeness (QED) is 0.538. The zero-order valence-corrected chi connectivity index (χ0v) is 13.3. The van der Waals surface area contributed by atoms with Crippen LogP contribution in [0, 0.1) is 5.82 Å². The molecule has 100 valence electrons. The van der Waals surface area contributed by atoms with Crippen molar-refractivity contribution >= 4 is 38.9 Å². The standard InChI is InChI=1S/C15H8BrClFNS/c16-10-5-2-1-4-9(10)13-8-20-15(19-13)14-11(17)6-3-7-12(14)18/h1-8H. The number of nitrogens with zero attached hydrogens (tertiary/aromatic N) is 1. The Bertz CT molecular complexity index is 752. The van der Waals surface area contributed by atoms with Gasteiger partial charge in [0.2, 0.25) is 0 Å². The van der Waals surface area contributed by atoms with E-state index in [0.29, 0.717) is 15.6 Å². The van der Waals surface area contributed by atoms with Gasteiger partial charge in [-0.25, -0.2) is 9.37 Å². The van der Waals surface area contributed by atoms with E-state index in [1.54, 1.807) is 12.1 Å². The van der Waals surface area contributed by atoms with Gasteiger partial charge < -0.3 is 0 Å². The smallest absolute Gasteiger partial charge is 0.134 e. The van der Waals surface area contributed by atoms with Gasteiger partial charge in [-0.1, -0.05) is 51.8 Å². The monoisotopic (exact) mass is 367 g/mol. The first-order valence-electron chi connectivity index (χ1n) is 5.81. The molecular formula is C15H8BrClFNS. The Balaban J connectivity index is 2.10. The fraction of sp³-hybridized carbons (Fsp3) is 0. The van der Waals surface area contributed by atoms with Gasteiger partial charge in [-0.2, -0.15) is 0 Å². The number of thiazole rings is 1. The molecule has 0 amide bonds. The Labute approximate surface area is 133 Å². The van der Waals surface area contributed by atoms with Crippen molar-refractivity contribution in [3.05, 3.63) is 63.2 Å². The molecule has 0 aliphatic heterocycles. The van der Waals surface area contributed by atoms with Crippen LogP contribution in [0.4, 0.5) is 4.39 Å². The number of benzene rings is 2. The van der Waals surface area contributed by atoms with E-state index in [0.717, 1.165) is 15.7 Å². The van der Waals surface area contributed by atoms with Crippen molar-refractivity contribution in [2.75, 3.05) is 0 Å². The molecule has 0 N–H and O–H groups in total. The molecule has 1 aromatic heterocycles. The number of aromatic nitrogens is 1. The second-order valence-electron chi connectivity index (χ2n) is 4.11. The van der Waals surface area contributed by atoms with Gasteiger partial charge >= 0.3 is 0 Å². The highest BCUT2D eigenvalue weighted by molar-refractivity contribution is 9.10. The second kappa shape index (κ2) is 5.64. The Morgan fingerprint density at radius 1 is 1.10 bits per heavy atom. The maximum absolute atomic E-state index is 13.9. The fourth-order valence-corrected chi connectivity index (χ4v) is 3.56. The molecular weight excluding hydrogens is 361 g/mol. The number of hydrogen-bond donors (Lipinski definition) is 0. The molecule has 5 heteroatoms. The van der Waals surface area contributed by atoms with Crippen LogP contribution in [0.2, 0.25) is 5.02 Å². The van der Waals surface area contributed by atoms with Crippen molar-refractivity contribution in [3.8, 4) is 21.8 Å². The number of hydrogen-bond acceptors (Lipinski definition) is 2. The summed E-state index contributed by atoms with van der Waals surface area (Å²) in [7, 11) is 0. The average Bonchev–Trinajstić information content (AvgIpc) is 2.88. The highest BCUT2D eigenvalue weighted by Crippen LogP contribution is 2.36. The Morgan fingerprint density at radius 2 is 1.90 bits per heavy atom. The third kappa shape index (κ3) is 2.51. The van der Waals surface area contributed by atoms with Crippen molar-refractivity contribution in [3.63, 3.8) is 0 Å². The maximum atomic E-state index is 13.9. The van der Waals surface area contributed by atoms with Crippen molar-refractivity contribution in [2.45, 2.75) is 0 Å². The number of rotatable bonds is 2. The predicted molar refractivity (Wildman–Crippen MR) is 85.7 cm³/mol. The van der Waals surface area contributed by atoms with E-state index < -0.39 is 0 Å². The van der Waals surface area contributed by atoms with E-state index in [4.69, 9.17) is 11.6 Å². The van der Waals surface area contributed by atoms with Crippen LogP contribution in [0.25, 0.3) is 21.8 Å². The summed E-state index contributed by atoms with van der Waals surface area (Å²) >= 11 is 10.9.